The lowest BCUT2D eigenvalue weighted by molar-refractivity contribution is 0.669. The predicted molar refractivity (Wildman–Crippen MR) is 242 cm³/mol. The minimum Gasteiger partial charge on any atom is -0.456 e. The van der Waals surface area contributed by atoms with Crippen LogP contribution in [0.3, 0.4) is 0 Å². The summed E-state index contributed by atoms with van der Waals surface area (Å²) in [6.07, 6.45) is 0. The molecule has 58 heavy (non-hydrogen) atoms. The van der Waals surface area contributed by atoms with Crippen LogP contribution < -0.4 is 0 Å². The zero-order chi connectivity index (χ0) is 38.2. The van der Waals surface area contributed by atoms with Gasteiger partial charge in [-0.3, -0.25) is 0 Å². The van der Waals surface area contributed by atoms with Gasteiger partial charge in [0.25, 0.3) is 0 Å². The molecular formula is C53H31N3OS. The van der Waals surface area contributed by atoms with E-state index in [1.165, 1.54) is 41.7 Å². The van der Waals surface area contributed by atoms with Crippen LogP contribution in [-0.4, -0.2) is 15.0 Å². The first-order valence-corrected chi connectivity index (χ1v) is 20.2. The van der Waals surface area contributed by atoms with Gasteiger partial charge in [0.1, 0.15) is 11.2 Å². The number of benzene rings is 9. The number of thiophene rings is 1. The van der Waals surface area contributed by atoms with Gasteiger partial charge in [0.2, 0.25) is 0 Å². The van der Waals surface area contributed by atoms with Crippen molar-refractivity contribution in [1.82, 2.24) is 15.0 Å². The van der Waals surface area contributed by atoms with E-state index in [-0.39, 0.29) is 0 Å². The fourth-order valence-corrected chi connectivity index (χ4v) is 9.69. The molecule has 3 heterocycles. The number of fused-ring (bicyclic) bond motifs is 9. The fraction of sp³-hybridized carbons (Fsp3) is 0. The van der Waals surface area contributed by atoms with Crippen LogP contribution in [0.25, 0.3) is 120 Å². The summed E-state index contributed by atoms with van der Waals surface area (Å²) >= 11 is 1.79. The number of aromatic nitrogens is 3. The van der Waals surface area contributed by atoms with E-state index in [2.05, 4.69) is 170 Å². The molecule has 12 aromatic rings. The van der Waals surface area contributed by atoms with Crippen LogP contribution in [0.15, 0.2) is 192 Å². The molecule has 12 rings (SSSR count). The first-order valence-electron chi connectivity index (χ1n) is 19.4. The summed E-state index contributed by atoms with van der Waals surface area (Å²) in [7, 11) is 0. The van der Waals surface area contributed by atoms with E-state index >= 15 is 0 Å². The maximum absolute atomic E-state index is 6.54. The zero-order valence-electron chi connectivity index (χ0n) is 31.1. The minimum atomic E-state index is 0.616. The van der Waals surface area contributed by atoms with Crippen molar-refractivity contribution >= 4 is 75.0 Å². The second kappa shape index (κ2) is 13.1. The average Bonchev–Trinajstić information content (AvgIpc) is 3.87. The normalized spacial score (nSPS) is 11.8. The van der Waals surface area contributed by atoms with Crippen LogP contribution in [0, 0.1) is 0 Å². The highest BCUT2D eigenvalue weighted by molar-refractivity contribution is 7.25. The third-order valence-corrected chi connectivity index (χ3v) is 12.5. The highest BCUT2D eigenvalue weighted by Gasteiger charge is 2.20. The highest BCUT2D eigenvalue weighted by atomic mass is 32.1. The third-order valence-electron chi connectivity index (χ3n) is 11.3. The molecule has 0 aliphatic rings. The minimum absolute atomic E-state index is 0.616. The first kappa shape index (κ1) is 32.7. The van der Waals surface area contributed by atoms with Crippen molar-refractivity contribution in [2.24, 2.45) is 0 Å². The van der Waals surface area contributed by atoms with Crippen molar-refractivity contribution in [3.8, 4) is 56.4 Å². The molecule has 5 heteroatoms. The van der Waals surface area contributed by atoms with Gasteiger partial charge in [-0.1, -0.05) is 152 Å². The van der Waals surface area contributed by atoms with E-state index < -0.39 is 0 Å². The van der Waals surface area contributed by atoms with Crippen molar-refractivity contribution < 1.29 is 4.42 Å². The van der Waals surface area contributed by atoms with Crippen molar-refractivity contribution in [2.45, 2.75) is 0 Å². The van der Waals surface area contributed by atoms with Gasteiger partial charge in [0.05, 0.1) is 0 Å². The lowest BCUT2D eigenvalue weighted by atomic mass is 9.93. The van der Waals surface area contributed by atoms with E-state index in [9.17, 15) is 0 Å². The maximum atomic E-state index is 6.54. The Labute approximate surface area is 337 Å². The van der Waals surface area contributed by atoms with Gasteiger partial charge in [-0.2, -0.15) is 0 Å². The number of hydrogen-bond acceptors (Lipinski definition) is 5. The summed E-state index contributed by atoms with van der Waals surface area (Å²) in [5.41, 5.74) is 8.88. The van der Waals surface area contributed by atoms with Gasteiger partial charge >= 0.3 is 0 Å². The Morgan fingerprint density at radius 2 is 0.966 bits per heavy atom. The van der Waals surface area contributed by atoms with Gasteiger partial charge in [-0.25, -0.2) is 15.0 Å². The van der Waals surface area contributed by atoms with Gasteiger partial charge in [-0.05, 0) is 80.2 Å². The predicted octanol–water partition coefficient (Wildman–Crippen LogP) is 14.8. The molecule has 0 aliphatic carbocycles. The van der Waals surface area contributed by atoms with Crippen LogP contribution in [0.5, 0.6) is 0 Å². The lowest BCUT2D eigenvalue weighted by Crippen LogP contribution is -2.01. The molecule has 0 bridgehead atoms. The van der Waals surface area contributed by atoms with Crippen LogP contribution in [0.2, 0.25) is 0 Å². The van der Waals surface area contributed by atoms with Crippen molar-refractivity contribution in [1.29, 1.82) is 0 Å². The third kappa shape index (κ3) is 5.32. The number of nitrogens with zero attached hydrogens (tertiary/aromatic N) is 3. The molecule has 270 valence electrons. The molecule has 0 aliphatic heterocycles. The Kier molecular flexibility index (Phi) is 7.37. The van der Waals surface area contributed by atoms with Crippen LogP contribution in [0.4, 0.5) is 0 Å². The first-order chi connectivity index (χ1) is 28.7. The molecule has 0 spiro atoms. The van der Waals surface area contributed by atoms with Gasteiger partial charge in [0.15, 0.2) is 17.5 Å². The van der Waals surface area contributed by atoms with E-state index in [1.54, 1.807) is 11.3 Å². The molecular weight excluding hydrogens is 727 g/mol. The van der Waals surface area contributed by atoms with Crippen LogP contribution in [-0.2, 0) is 0 Å². The molecule has 0 saturated heterocycles. The zero-order valence-corrected chi connectivity index (χ0v) is 31.9. The van der Waals surface area contributed by atoms with Crippen molar-refractivity contribution in [3.05, 3.63) is 188 Å². The molecule has 0 atom stereocenters. The Hall–Kier alpha value is -7.47. The van der Waals surface area contributed by atoms with Gasteiger partial charge in [0, 0.05) is 47.6 Å². The largest absolute Gasteiger partial charge is 0.456 e. The number of furan rings is 1. The number of hydrogen-bond donors (Lipinski definition) is 0. The quantitative estimate of drug-likeness (QED) is 0.164. The van der Waals surface area contributed by atoms with E-state index in [4.69, 9.17) is 19.4 Å². The average molecular weight is 758 g/mol. The van der Waals surface area contributed by atoms with Gasteiger partial charge < -0.3 is 4.42 Å². The Morgan fingerprint density at radius 3 is 1.88 bits per heavy atom. The van der Waals surface area contributed by atoms with Crippen LogP contribution in [0.1, 0.15) is 0 Å². The smallest absolute Gasteiger partial charge is 0.164 e. The second-order valence-electron chi connectivity index (χ2n) is 14.7. The molecule has 9 aromatic carbocycles. The Balaban J connectivity index is 1.02. The summed E-state index contributed by atoms with van der Waals surface area (Å²) in [6.45, 7) is 0. The Bertz CT molecular complexity index is 3590. The summed E-state index contributed by atoms with van der Waals surface area (Å²) in [4.78, 5) is 15.5. The molecule has 0 N–H and O–H groups in total. The molecule has 0 unspecified atom stereocenters. The van der Waals surface area contributed by atoms with Gasteiger partial charge in [-0.15, -0.1) is 11.3 Å². The SMILES string of the molecule is c1ccc(-c2nc(-c3ccc4c(c3)sc3ccccc34)nc(-c3ccccc3-c3cccc4oc5ccc(-c6ccc7c(ccc8ccccc87)c6)cc5c34)n2)cc1. The van der Waals surface area contributed by atoms with Crippen LogP contribution >= 0.6 is 11.3 Å². The standard InChI is InChI=1S/C53H31N3OS/c1-2-12-33(13-3-1)51-54-52(37-24-27-42-41-16-8-9-20-48(41)58-49(42)31-37)56-53(55-51)44-17-7-6-15-40(44)43-18-10-19-47-50(43)45-30-35(25-28-46(45)57-47)34-23-26-39-36(29-34)22-21-32-11-4-5-14-38(32)39/h1-31H. The molecule has 4 nitrogen and oxygen atoms in total. The van der Waals surface area contributed by atoms with E-state index in [1.807, 2.05) is 18.2 Å². The lowest BCUT2D eigenvalue weighted by Gasteiger charge is -2.13. The molecule has 0 amide bonds. The van der Waals surface area contributed by atoms with E-state index in [0.717, 1.165) is 60.9 Å². The molecule has 0 fully saturated rings. The highest BCUT2D eigenvalue weighted by Crippen LogP contribution is 2.42. The van der Waals surface area contributed by atoms with Crippen molar-refractivity contribution in [3.63, 3.8) is 0 Å². The fourth-order valence-electron chi connectivity index (χ4n) is 8.54. The maximum Gasteiger partial charge on any atom is 0.164 e. The molecule has 0 saturated carbocycles. The van der Waals surface area contributed by atoms with Crippen molar-refractivity contribution in [2.75, 3.05) is 0 Å². The monoisotopic (exact) mass is 757 g/mol. The molecule has 3 aromatic heterocycles. The summed E-state index contributed by atoms with van der Waals surface area (Å²) in [5.74, 6) is 1.88. The summed E-state index contributed by atoms with van der Waals surface area (Å²) in [5, 5.41) is 9.63. The number of rotatable bonds is 5. The second-order valence-corrected chi connectivity index (χ2v) is 15.8. The summed E-state index contributed by atoms with van der Waals surface area (Å²) in [6, 6.07) is 66.3. The summed E-state index contributed by atoms with van der Waals surface area (Å²) < 4.78 is 9.01. The topological polar surface area (TPSA) is 51.8 Å². The van der Waals surface area contributed by atoms with E-state index in [0.29, 0.717) is 17.5 Å². The molecule has 0 radical (unpaired) electrons. The Morgan fingerprint density at radius 1 is 0.328 bits per heavy atom.